The van der Waals surface area contributed by atoms with Gasteiger partial charge >= 0.3 is 0 Å². The summed E-state index contributed by atoms with van der Waals surface area (Å²) in [4.78, 5) is 42.1. The number of benzene rings is 3. The maximum absolute atomic E-state index is 13.6. The van der Waals surface area contributed by atoms with Crippen molar-refractivity contribution >= 4 is 63.6 Å². The van der Waals surface area contributed by atoms with Crippen LogP contribution in [0.2, 0.25) is 5.02 Å². The maximum Gasteiger partial charge on any atom is 0.261 e. The van der Waals surface area contributed by atoms with E-state index in [0.717, 1.165) is 43.1 Å². The van der Waals surface area contributed by atoms with Gasteiger partial charge in [0.2, 0.25) is 11.9 Å². The molecule has 1 aromatic heterocycles. The second kappa shape index (κ2) is 15.5. The number of hydrogen-bond acceptors (Lipinski definition) is 9. The second-order valence-electron chi connectivity index (χ2n) is 11.6. The van der Waals surface area contributed by atoms with Crippen molar-refractivity contribution in [3.8, 4) is 0 Å². The van der Waals surface area contributed by atoms with Crippen LogP contribution >= 0.6 is 11.6 Å². The number of rotatable bonds is 11. The maximum atomic E-state index is 13.6. The zero-order chi connectivity index (χ0) is 33.3. The molecule has 1 saturated heterocycles. The topological polar surface area (TPSA) is 118 Å². The average Bonchev–Trinajstić information content (AvgIpc) is 3.04. The van der Waals surface area contributed by atoms with Crippen molar-refractivity contribution in [3.05, 3.63) is 101 Å². The van der Waals surface area contributed by atoms with Crippen LogP contribution in [0.4, 0.5) is 40.2 Å². The van der Waals surface area contributed by atoms with E-state index in [1.54, 1.807) is 24.3 Å². The predicted molar refractivity (Wildman–Crippen MR) is 192 cm³/mol. The molecule has 0 saturated carbocycles. The molecule has 12 heteroatoms. The van der Waals surface area contributed by atoms with Crippen LogP contribution < -0.4 is 26.2 Å². The van der Waals surface area contributed by atoms with E-state index in [2.05, 4.69) is 55.2 Å². The smallest absolute Gasteiger partial charge is 0.261 e. The zero-order valence-corrected chi connectivity index (χ0v) is 27.8. The highest BCUT2D eigenvalue weighted by Gasteiger charge is 2.19. The Morgan fingerprint density at radius 2 is 1.64 bits per heavy atom. The van der Waals surface area contributed by atoms with Gasteiger partial charge in [-0.15, -0.1) is 0 Å². The number of amides is 2. The van der Waals surface area contributed by atoms with Crippen LogP contribution in [0.1, 0.15) is 15.9 Å². The summed E-state index contributed by atoms with van der Waals surface area (Å²) in [6.45, 7) is 6.51. The minimum atomic E-state index is -0.445. The number of para-hydroxylation sites is 3. The molecular weight excluding hydrogens is 614 g/mol. The lowest BCUT2D eigenvalue weighted by Crippen LogP contribution is -2.44. The molecule has 0 unspecified atom stereocenters. The lowest BCUT2D eigenvalue weighted by molar-refractivity contribution is -0.111. The first-order valence-corrected chi connectivity index (χ1v) is 15.8. The van der Waals surface area contributed by atoms with E-state index in [9.17, 15) is 9.59 Å². The number of nitrogens with zero attached hydrogens (tertiary/aromatic N) is 5. The van der Waals surface area contributed by atoms with E-state index in [-0.39, 0.29) is 17.3 Å². The minimum Gasteiger partial charge on any atom is -0.369 e. The number of nitrogens with one attached hydrogen (secondary N) is 4. The van der Waals surface area contributed by atoms with Crippen molar-refractivity contribution in [1.29, 1.82) is 0 Å². The molecule has 1 fully saturated rings. The number of piperazine rings is 1. The number of hydrogen-bond donors (Lipinski definition) is 4. The molecule has 0 radical (unpaired) electrons. The molecule has 0 atom stereocenters. The summed E-state index contributed by atoms with van der Waals surface area (Å²) in [5.41, 5.74) is 4.53. The van der Waals surface area contributed by atoms with Crippen molar-refractivity contribution in [3.63, 3.8) is 0 Å². The van der Waals surface area contributed by atoms with Gasteiger partial charge in [0.15, 0.2) is 0 Å². The number of aromatic nitrogens is 2. The zero-order valence-electron chi connectivity index (χ0n) is 27.0. The third kappa shape index (κ3) is 9.07. The molecule has 47 heavy (non-hydrogen) atoms. The van der Waals surface area contributed by atoms with Gasteiger partial charge in [-0.1, -0.05) is 41.9 Å². The Hall–Kier alpha value is -4.97. The highest BCUT2D eigenvalue weighted by Crippen LogP contribution is 2.30. The highest BCUT2D eigenvalue weighted by atomic mass is 35.5. The van der Waals surface area contributed by atoms with Crippen LogP contribution in [0.5, 0.6) is 0 Å². The monoisotopic (exact) mass is 653 g/mol. The summed E-state index contributed by atoms with van der Waals surface area (Å²) in [6.07, 6.45) is 4.73. The lowest BCUT2D eigenvalue weighted by Gasteiger charge is -2.34. The third-order valence-electron chi connectivity index (χ3n) is 7.66. The normalized spacial score (nSPS) is 13.5. The summed E-state index contributed by atoms with van der Waals surface area (Å²) in [6, 6.07) is 20.7. The van der Waals surface area contributed by atoms with Gasteiger partial charge in [-0.25, -0.2) is 4.98 Å². The van der Waals surface area contributed by atoms with E-state index in [4.69, 9.17) is 16.6 Å². The first-order valence-electron chi connectivity index (χ1n) is 15.4. The molecule has 0 spiro atoms. The molecule has 244 valence electrons. The first kappa shape index (κ1) is 33.4. The molecule has 0 aliphatic carbocycles. The first-order chi connectivity index (χ1) is 22.7. The number of carbonyl (C=O) groups excluding carboxylic acids is 2. The fraction of sp³-hybridized carbons (Fsp3) is 0.257. The second-order valence-corrected chi connectivity index (χ2v) is 12.0. The number of halogens is 1. The van der Waals surface area contributed by atoms with E-state index >= 15 is 0 Å². The Morgan fingerprint density at radius 1 is 0.915 bits per heavy atom. The predicted octanol–water partition coefficient (Wildman–Crippen LogP) is 5.99. The summed E-state index contributed by atoms with van der Waals surface area (Å²) >= 11 is 6.41. The Bertz CT molecular complexity index is 1720. The van der Waals surface area contributed by atoms with E-state index in [1.807, 2.05) is 62.3 Å². The fourth-order valence-electron chi connectivity index (χ4n) is 5.00. The molecule has 3 aromatic carbocycles. The molecule has 0 bridgehead atoms. The molecule has 5 rings (SSSR count). The van der Waals surface area contributed by atoms with Crippen molar-refractivity contribution < 1.29 is 9.59 Å². The lowest BCUT2D eigenvalue weighted by atomic mass is 10.2. The van der Waals surface area contributed by atoms with E-state index in [1.165, 1.54) is 12.3 Å². The van der Waals surface area contributed by atoms with Gasteiger partial charge in [0.25, 0.3) is 5.91 Å². The molecule has 4 aromatic rings. The Balaban J connectivity index is 1.41. The quantitative estimate of drug-likeness (QED) is 0.145. The molecule has 2 amide bonds. The summed E-state index contributed by atoms with van der Waals surface area (Å²) in [5, 5.41) is 12.7. The van der Waals surface area contributed by atoms with Crippen LogP contribution in [0.3, 0.4) is 0 Å². The number of anilines is 7. The van der Waals surface area contributed by atoms with Gasteiger partial charge in [-0.05, 0) is 76.1 Å². The fourth-order valence-corrected chi connectivity index (χ4v) is 5.27. The van der Waals surface area contributed by atoms with Crippen LogP contribution in [-0.2, 0) is 4.79 Å². The van der Waals surface area contributed by atoms with Crippen molar-refractivity contribution in [2.75, 3.05) is 80.0 Å². The molecule has 4 N–H and O–H groups in total. The Kier molecular flexibility index (Phi) is 11.0. The summed E-state index contributed by atoms with van der Waals surface area (Å²) < 4.78 is 0. The van der Waals surface area contributed by atoms with Crippen LogP contribution in [0.15, 0.2) is 85.1 Å². The van der Waals surface area contributed by atoms with Crippen LogP contribution in [-0.4, -0.2) is 85.4 Å². The SMILES string of the molecule is Cc1cccc(Cl)c1NC(=O)c1cnc(Nc2ccc(N3CCN(C)CC3)cc2)nc1Nc1ccccc1NC(=O)/C=C/CN(C)C. The number of likely N-dealkylation sites (N-methyl/N-ethyl adjacent to an activating group) is 2. The van der Waals surface area contributed by atoms with Gasteiger partial charge in [0.1, 0.15) is 11.4 Å². The van der Waals surface area contributed by atoms with Crippen LogP contribution in [0, 0.1) is 6.92 Å². The molecular formula is C35H40ClN9O2. The standard InChI is InChI=1S/C35H40ClN9O2/c1-24-9-7-10-28(36)32(24)41-34(47)27-23-37-35(38-25-14-16-26(17-15-25)45-21-19-44(4)20-22-45)42-33(27)40-30-12-6-5-11-29(30)39-31(46)13-8-18-43(2)3/h5-17,23H,18-22H2,1-4H3,(H,39,46)(H,41,47)(H2,37,38,40,42)/b13-8+. The minimum absolute atomic E-state index is 0.187. The van der Waals surface area contributed by atoms with Crippen molar-refractivity contribution in [2.45, 2.75) is 6.92 Å². The Labute approximate surface area is 280 Å². The summed E-state index contributed by atoms with van der Waals surface area (Å²) in [7, 11) is 5.99. The molecule has 1 aliphatic heterocycles. The van der Waals surface area contributed by atoms with Gasteiger partial charge < -0.3 is 36.0 Å². The Morgan fingerprint density at radius 3 is 2.34 bits per heavy atom. The molecule has 11 nitrogen and oxygen atoms in total. The van der Waals surface area contributed by atoms with Gasteiger partial charge in [0.05, 0.1) is 22.1 Å². The van der Waals surface area contributed by atoms with Gasteiger partial charge in [0, 0.05) is 56.4 Å². The van der Waals surface area contributed by atoms with Gasteiger partial charge in [-0.3, -0.25) is 9.59 Å². The molecule has 1 aliphatic rings. The third-order valence-corrected chi connectivity index (χ3v) is 7.98. The largest absolute Gasteiger partial charge is 0.369 e. The van der Waals surface area contributed by atoms with Crippen LogP contribution in [0.25, 0.3) is 0 Å². The average molecular weight is 654 g/mol. The number of aryl methyl sites for hydroxylation is 1. The molecule has 2 heterocycles. The van der Waals surface area contributed by atoms with E-state index in [0.29, 0.717) is 34.6 Å². The summed E-state index contributed by atoms with van der Waals surface area (Å²) in [5.74, 6) is -0.194. The van der Waals surface area contributed by atoms with Gasteiger partial charge in [-0.2, -0.15) is 4.98 Å². The van der Waals surface area contributed by atoms with E-state index < -0.39 is 5.91 Å². The van der Waals surface area contributed by atoms with Crippen molar-refractivity contribution in [2.24, 2.45) is 0 Å². The number of carbonyl (C=O) groups is 2. The van der Waals surface area contributed by atoms with Crippen molar-refractivity contribution in [1.82, 2.24) is 19.8 Å². The highest BCUT2D eigenvalue weighted by molar-refractivity contribution is 6.34.